The van der Waals surface area contributed by atoms with Crippen LogP contribution in [0.5, 0.6) is 5.75 Å². The molecule has 1 atom stereocenters. The Balaban J connectivity index is 0.00000243. The van der Waals surface area contributed by atoms with Crippen molar-refractivity contribution >= 4 is 0 Å². The number of phenolic OH excluding ortho intramolecular Hbond substituents is 1. The molecule has 2 aromatic carbocycles. The second kappa shape index (κ2) is 9.05. The van der Waals surface area contributed by atoms with Crippen molar-refractivity contribution < 1.29 is 26.6 Å². The number of nitrogens with zero attached hydrogens (tertiary/aromatic N) is 1. The van der Waals surface area contributed by atoms with Crippen LogP contribution in [0.1, 0.15) is 43.7 Å². The molecule has 1 aliphatic heterocycles. The van der Waals surface area contributed by atoms with E-state index in [-0.39, 0.29) is 17.0 Å². The van der Waals surface area contributed by atoms with Crippen molar-refractivity contribution in [3.8, 4) is 16.9 Å². The largest absolute Gasteiger partial charge is 1.00 e. The van der Waals surface area contributed by atoms with E-state index in [1.165, 1.54) is 48.9 Å². The van der Waals surface area contributed by atoms with Crippen molar-refractivity contribution in [1.82, 2.24) is 0 Å². The van der Waals surface area contributed by atoms with Crippen LogP contribution in [0.15, 0.2) is 42.5 Å². The standard InChI is InChI=1S/C23H31NO.BrH/c1-4-18-12-15-23(25)22(17-18)21-11-6-5-9-19(21)13-14-20-10-7-8-16-24(20,2)3;/h5-6,9,11-12,15,17,20H,4,7-8,10,13-14,16H2,1-3H3;1H. The average molecular weight is 418 g/mol. The summed E-state index contributed by atoms with van der Waals surface area (Å²) in [7, 11) is 4.76. The van der Waals surface area contributed by atoms with Gasteiger partial charge in [0, 0.05) is 12.0 Å². The Bertz CT molecular complexity index is 726. The Labute approximate surface area is 169 Å². The summed E-state index contributed by atoms with van der Waals surface area (Å²) in [4.78, 5) is 0. The van der Waals surface area contributed by atoms with Gasteiger partial charge in [0.1, 0.15) is 5.75 Å². The number of aromatic hydroxyl groups is 1. The number of quaternary nitrogens is 1. The van der Waals surface area contributed by atoms with Gasteiger partial charge in [-0.25, -0.2) is 0 Å². The topological polar surface area (TPSA) is 20.2 Å². The van der Waals surface area contributed by atoms with E-state index in [2.05, 4.69) is 51.4 Å². The SMILES string of the molecule is CCc1ccc(O)c(-c2ccccc2CCC2CCCC[N+]2(C)C)c1.[Br-]. The van der Waals surface area contributed by atoms with Crippen LogP contribution in [-0.4, -0.2) is 36.3 Å². The monoisotopic (exact) mass is 417 g/mol. The molecule has 3 heteroatoms. The molecule has 0 aromatic heterocycles. The molecule has 142 valence electrons. The quantitative estimate of drug-likeness (QED) is 0.739. The zero-order valence-corrected chi connectivity index (χ0v) is 17.9. The van der Waals surface area contributed by atoms with Crippen LogP contribution >= 0.6 is 0 Å². The van der Waals surface area contributed by atoms with Gasteiger partial charge in [0.25, 0.3) is 0 Å². The molecule has 1 aliphatic rings. The summed E-state index contributed by atoms with van der Waals surface area (Å²) >= 11 is 0. The Morgan fingerprint density at radius 3 is 2.54 bits per heavy atom. The fourth-order valence-electron chi connectivity index (χ4n) is 4.27. The Morgan fingerprint density at radius 2 is 1.81 bits per heavy atom. The lowest BCUT2D eigenvalue weighted by molar-refractivity contribution is -0.920. The summed E-state index contributed by atoms with van der Waals surface area (Å²) in [6.45, 7) is 3.46. The molecule has 0 spiro atoms. The first-order valence-corrected chi connectivity index (χ1v) is 9.74. The summed E-state index contributed by atoms with van der Waals surface area (Å²) in [5.41, 5.74) is 4.80. The van der Waals surface area contributed by atoms with Crippen LogP contribution in [0, 0.1) is 0 Å². The molecule has 2 aromatic rings. The smallest absolute Gasteiger partial charge is 0.123 e. The van der Waals surface area contributed by atoms with Crippen LogP contribution in [0.4, 0.5) is 0 Å². The number of hydrogen-bond donors (Lipinski definition) is 1. The second-order valence-corrected chi connectivity index (χ2v) is 8.05. The van der Waals surface area contributed by atoms with Gasteiger partial charge in [-0.15, -0.1) is 0 Å². The lowest BCUT2D eigenvalue weighted by Gasteiger charge is -2.42. The lowest BCUT2D eigenvalue weighted by Crippen LogP contribution is -3.00. The Morgan fingerprint density at radius 1 is 1.04 bits per heavy atom. The predicted octanol–water partition coefficient (Wildman–Crippen LogP) is 2.19. The molecule has 0 amide bonds. The third kappa shape index (κ3) is 4.69. The number of halogens is 1. The lowest BCUT2D eigenvalue weighted by atomic mass is 9.90. The number of piperidine rings is 1. The van der Waals surface area contributed by atoms with Crippen LogP contribution in [-0.2, 0) is 12.8 Å². The first-order valence-electron chi connectivity index (χ1n) is 9.74. The van der Waals surface area contributed by atoms with Gasteiger partial charge in [0.2, 0.25) is 0 Å². The highest BCUT2D eigenvalue weighted by atomic mass is 79.9. The Hall–Kier alpha value is -1.32. The highest BCUT2D eigenvalue weighted by Crippen LogP contribution is 2.34. The first-order chi connectivity index (χ1) is 12.0. The van der Waals surface area contributed by atoms with Crippen molar-refractivity contribution in [2.75, 3.05) is 20.6 Å². The molecule has 0 bridgehead atoms. The molecular formula is C23H32BrNO. The van der Waals surface area contributed by atoms with Crippen LogP contribution in [0.3, 0.4) is 0 Å². The maximum Gasteiger partial charge on any atom is 0.123 e. The zero-order valence-electron chi connectivity index (χ0n) is 16.3. The molecule has 1 N–H and O–H groups in total. The predicted molar refractivity (Wildman–Crippen MR) is 106 cm³/mol. The molecule has 26 heavy (non-hydrogen) atoms. The van der Waals surface area contributed by atoms with Gasteiger partial charge in [-0.3, -0.25) is 0 Å². The highest BCUT2D eigenvalue weighted by molar-refractivity contribution is 5.73. The van der Waals surface area contributed by atoms with E-state index in [0.29, 0.717) is 5.75 Å². The van der Waals surface area contributed by atoms with Crippen molar-refractivity contribution in [3.63, 3.8) is 0 Å². The average Bonchev–Trinajstić information content (AvgIpc) is 2.61. The summed E-state index contributed by atoms with van der Waals surface area (Å²) < 4.78 is 1.15. The minimum atomic E-state index is 0. The van der Waals surface area contributed by atoms with Gasteiger partial charge in [-0.05, 0) is 60.9 Å². The normalized spacial score (nSPS) is 19.0. The van der Waals surface area contributed by atoms with E-state index >= 15 is 0 Å². The molecule has 0 radical (unpaired) electrons. The Kier molecular flexibility index (Phi) is 7.31. The van der Waals surface area contributed by atoms with Gasteiger partial charge in [0.15, 0.2) is 0 Å². The molecular weight excluding hydrogens is 386 g/mol. The summed E-state index contributed by atoms with van der Waals surface area (Å²) in [5, 5.41) is 10.4. The third-order valence-corrected chi connectivity index (χ3v) is 6.03. The molecule has 1 saturated heterocycles. The second-order valence-electron chi connectivity index (χ2n) is 8.05. The molecule has 1 fully saturated rings. The number of phenols is 1. The molecule has 0 aliphatic carbocycles. The van der Waals surface area contributed by atoms with E-state index in [9.17, 15) is 5.11 Å². The van der Waals surface area contributed by atoms with Gasteiger partial charge in [-0.2, -0.15) is 0 Å². The fourth-order valence-corrected chi connectivity index (χ4v) is 4.27. The van der Waals surface area contributed by atoms with Gasteiger partial charge in [-0.1, -0.05) is 37.3 Å². The summed E-state index contributed by atoms with van der Waals surface area (Å²) in [6, 6.07) is 15.3. The van der Waals surface area contributed by atoms with Gasteiger partial charge < -0.3 is 26.6 Å². The fraction of sp³-hybridized carbons (Fsp3) is 0.478. The van der Waals surface area contributed by atoms with E-state index in [1.807, 2.05) is 12.1 Å². The van der Waals surface area contributed by atoms with Crippen LogP contribution in [0.25, 0.3) is 11.1 Å². The third-order valence-electron chi connectivity index (χ3n) is 6.03. The molecule has 3 rings (SSSR count). The van der Waals surface area contributed by atoms with E-state index < -0.39 is 0 Å². The number of rotatable bonds is 5. The van der Waals surface area contributed by atoms with Crippen molar-refractivity contribution in [2.24, 2.45) is 0 Å². The number of benzene rings is 2. The first kappa shape index (κ1) is 21.0. The van der Waals surface area contributed by atoms with Gasteiger partial charge >= 0.3 is 0 Å². The number of aryl methyl sites for hydroxylation is 2. The van der Waals surface area contributed by atoms with Crippen molar-refractivity contribution in [1.29, 1.82) is 0 Å². The van der Waals surface area contributed by atoms with Crippen LogP contribution in [0.2, 0.25) is 0 Å². The minimum Gasteiger partial charge on any atom is -1.00 e. The van der Waals surface area contributed by atoms with E-state index in [1.54, 1.807) is 0 Å². The van der Waals surface area contributed by atoms with Crippen molar-refractivity contribution in [3.05, 3.63) is 53.6 Å². The number of likely N-dealkylation sites (tertiary alicyclic amines) is 1. The molecule has 1 unspecified atom stereocenters. The molecule has 2 nitrogen and oxygen atoms in total. The summed E-state index contributed by atoms with van der Waals surface area (Å²) in [5.74, 6) is 0.387. The van der Waals surface area contributed by atoms with Gasteiger partial charge in [0.05, 0.1) is 26.7 Å². The summed E-state index contributed by atoms with van der Waals surface area (Å²) in [6.07, 6.45) is 7.36. The maximum atomic E-state index is 10.4. The van der Waals surface area contributed by atoms with Crippen LogP contribution < -0.4 is 17.0 Å². The van der Waals surface area contributed by atoms with Crippen molar-refractivity contribution in [2.45, 2.75) is 51.5 Å². The number of hydrogen-bond acceptors (Lipinski definition) is 1. The highest BCUT2D eigenvalue weighted by Gasteiger charge is 2.31. The van der Waals surface area contributed by atoms with E-state index in [0.717, 1.165) is 28.9 Å². The maximum absolute atomic E-state index is 10.4. The molecule has 0 saturated carbocycles. The van der Waals surface area contributed by atoms with E-state index in [4.69, 9.17) is 0 Å². The minimum absolute atomic E-state index is 0. The molecule has 1 heterocycles. The zero-order chi connectivity index (χ0) is 17.9.